The molecule has 1 aromatic rings. The number of amides is 1. The van der Waals surface area contributed by atoms with Gasteiger partial charge in [0.2, 0.25) is 0 Å². The molecule has 1 aliphatic carbocycles. The second kappa shape index (κ2) is 4.99. The zero-order valence-electron chi connectivity index (χ0n) is 9.40. The van der Waals surface area contributed by atoms with E-state index >= 15 is 0 Å². The fourth-order valence-electron chi connectivity index (χ4n) is 2.13. The molecule has 0 saturated heterocycles. The summed E-state index contributed by atoms with van der Waals surface area (Å²) in [5.74, 6) is -1.58. The summed E-state index contributed by atoms with van der Waals surface area (Å²) in [6.45, 7) is 0. The fourth-order valence-corrected chi connectivity index (χ4v) is 2.13. The zero-order chi connectivity index (χ0) is 12.3. The van der Waals surface area contributed by atoms with Crippen molar-refractivity contribution in [3.8, 4) is 0 Å². The Hall–Kier alpha value is -1.85. The molecule has 0 radical (unpaired) electrons. The van der Waals surface area contributed by atoms with E-state index in [-0.39, 0.29) is 17.4 Å². The number of hydrogen-bond acceptors (Lipinski definition) is 3. The molecule has 1 saturated carbocycles. The van der Waals surface area contributed by atoms with Crippen LogP contribution in [0.3, 0.4) is 0 Å². The molecule has 1 fully saturated rings. The van der Waals surface area contributed by atoms with E-state index in [2.05, 4.69) is 15.3 Å². The molecule has 17 heavy (non-hydrogen) atoms. The number of aromatic amines is 1. The van der Waals surface area contributed by atoms with Gasteiger partial charge in [0.15, 0.2) is 11.4 Å². The summed E-state index contributed by atoms with van der Waals surface area (Å²) in [5.41, 5.74) is -0.193. The maximum atomic E-state index is 11.8. The number of nitrogens with one attached hydrogen (secondary N) is 2. The normalized spacial score (nSPS) is 16.7. The van der Waals surface area contributed by atoms with Crippen molar-refractivity contribution in [3.63, 3.8) is 0 Å². The number of aromatic carboxylic acids is 1. The van der Waals surface area contributed by atoms with Crippen LogP contribution in [0.15, 0.2) is 6.33 Å². The van der Waals surface area contributed by atoms with Gasteiger partial charge in [-0.05, 0) is 12.8 Å². The molecule has 2 rings (SSSR count). The first kappa shape index (κ1) is 11.6. The Morgan fingerprint density at radius 1 is 1.35 bits per heavy atom. The van der Waals surface area contributed by atoms with Gasteiger partial charge in [-0.3, -0.25) is 4.79 Å². The smallest absolute Gasteiger partial charge is 0.354 e. The third-order valence-corrected chi connectivity index (χ3v) is 3.01. The summed E-state index contributed by atoms with van der Waals surface area (Å²) in [6.07, 6.45) is 6.56. The van der Waals surface area contributed by atoms with Gasteiger partial charge >= 0.3 is 5.97 Å². The summed E-state index contributed by atoms with van der Waals surface area (Å²) in [7, 11) is 0. The zero-order valence-corrected chi connectivity index (χ0v) is 9.40. The standard InChI is InChI=1S/C11H15N3O3/c15-10(14-7-4-2-1-3-5-7)8-9(11(16)17)13-6-12-8/h6-7H,1-5H2,(H,12,13)(H,14,15)(H,16,17). The molecule has 92 valence electrons. The molecule has 0 unspecified atom stereocenters. The summed E-state index contributed by atoms with van der Waals surface area (Å²) >= 11 is 0. The number of nitrogens with zero attached hydrogens (tertiary/aromatic N) is 1. The van der Waals surface area contributed by atoms with Crippen molar-refractivity contribution in [2.45, 2.75) is 38.1 Å². The highest BCUT2D eigenvalue weighted by molar-refractivity contribution is 6.02. The van der Waals surface area contributed by atoms with E-state index in [9.17, 15) is 9.59 Å². The van der Waals surface area contributed by atoms with Gasteiger partial charge < -0.3 is 15.4 Å². The first-order chi connectivity index (χ1) is 8.18. The molecule has 1 heterocycles. The first-order valence-corrected chi connectivity index (χ1v) is 5.76. The second-order valence-electron chi connectivity index (χ2n) is 4.24. The highest BCUT2D eigenvalue weighted by Gasteiger charge is 2.22. The van der Waals surface area contributed by atoms with Crippen LogP contribution < -0.4 is 5.32 Å². The highest BCUT2D eigenvalue weighted by Crippen LogP contribution is 2.17. The number of rotatable bonds is 3. The van der Waals surface area contributed by atoms with Crippen LogP contribution in [-0.2, 0) is 0 Å². The first-order valence-electron chi connectivity index (χ1n) is 5.76. The monoisotopic (exact) mass is 237 g/mol. The van der Waals surface area contributed by atoms with Gasteiger partial charge in [-0.2, -0.15) is 0 Å². The minimum Gasteiger partial charge on any atom is -0.477 e. The number of aromatic nitrogens is 2. The van der Waals surface area contributed by atoms with E-state index in [1.165, 1.54) is 12.7 Å². The van der Waals surface area contributed by atoms with Crippen molar-refractivity contribution in [1.82, 2.24) is 15.3 Å². The van der Waals surface area contributed by atoms with Gasteiger partial charge in [-0.1, -0.05) is 19.3 Å². The molecule has 1 aromatic heterocycles. The molecule has 0 bridgehead atoms. The Morgan fingerprint density at radius 3 is 2.71 bits per heavy atom. The topological polar surface area (TPSA) is 95.1 Å². The van der Waals surface area contributed by atoms with Crippen molar-refractivity contribution < 1.29 is 14.7 Å². The van der Waals surface area contributed by atoms with Crippen molar-refractivity contribution in [2.75, 3.05) is 0 Å². The van der Waals surface area contributed by atoms with Gasteiger partial charge in [-0.25, -0.2) is 9.78 Å². The predicted molar refractivity (Wildman–Crippen MR) is 59.9 cm³/mol. The van der Waals surface area contributed by atoms with Crippen molar-refractivity contribution in [1.29, 1.82) is 0 Å². The van der Waals surface area contributed by atoms with Crippen LogP contribution in [0, 0.1) is 0 Å². The average molecular weight is 237 g/mol. The minimum atomic E-state index is -1.17. The van der Waals surface area contributed by atoms with Crippen molar-refractivity contribution in [2.24, 2.45) is 0 Å². The van der Waals surface area contributed by atoms with E-state index in [0.717, 1.165) is 25.7 Å². The summed E-state index contributed by atoms with van der Waals surface area (Å²) in [5, 5.41) is 11.7. The fraction of sp³-hybridized carbons (Fsp3) is 0.545. The van der Waals surface area contributed by atoms with Crippen LogP contribution in [0.1, 0.15) is 53.1 Å². The molecule has 1 aliphatic rings. The van der Waals surface area contributed by atoms with Gasteiger partial charge in [-0.15, -0.1) is 0 Å². The number of hydrogen-bond donors (Lipinski definition) is 3. The molecule has 1 amide bonds. The lowest BCUT2D eigenvalue weighted by Crippen LogP contribution is -2.37. The Bertz CT molecular complexity index is 421. The number of H-pyrrole nitrogens is 1. The predicted octanol–water partition coefficient (Wildman–Crippen LogP) is 1.17. The van der Waals surface area contributed by atoms with Crippen LogP contribution in [0.4, 0.5) is 0 Å². The van der Waals surface area contributed by atoms with Gasteiger partial charge in [0.25, 0.3) is 5.91 Å². The van der Waals surface area contributed by atoms with Crippen LogP contribution in [0.25, 0.3) is 0 Å². The van der Waals surface area contributed by atoms with Gasteiger partial charge in [0.1, 0.15) is 0 Å². The number of imidazole rings is 1. The molecule has 6 nitrogen and oxygen atoms in total. The lowest BCUT2D eigenvalue weighted by Gasteiger charge is -2.22. The third kappa shape index (κ3) is 2.64. The molecule has 0 spiro atoms. The highest BCUT2D eigenvalue weighted by atomic mass is 16.4. The maximum Gasteiger partial charge on any atom is 0.354 e. The molecule has 0 aliphatic heterocycles. The van der Waals surface area contributed by atoms with Crippen molar-refractivity contribution in [3.05, 3.63) is 17.7 Å². The summed E-state index contributed by atoms with van der Waals surface area (Å²) in [4.78, 5) is 28.9. The minimum absolute atomic E-state index is 0.0388. The van der Waals surface area contributed by atoms with E-state index in [1.54, 1.807) is 0 Å². The third-order valence-electron chi connectivity index (χ3n) is 3.01. The quantitative estimate of drug-likeness (QED) is 0.735. The Labute approximate surface area is 98.4 Å². The lowest BCUT2D eigenvalue weighted by molar-refractivity contribution is 0.0684. The Kier molecular flexibility index (Phi) is 3.41. The maximum absolute atomic E-state index is 11.8. The molecule has 0 aromatic carbocycles. The molecule has 3 N–H and O–H groups in total. The van der Waals surface area contributed by atoms with Crippen molar-refractivity contribution >= 4 is 11.9 Å². The molecular weight excluding hydrogens is 222 g/mol. The van der Waals surface area contributed by atoms with E-state index in [0.29, 0.717) is 0 Å². The summed E-state index contributed by atoms with van der Waals surface area (Å²) < 4.78 is 0. The van der Waals surface area contributed by atoms with Gasteiger partial charge in [0.05, 0.1) is 6.33 Å². The number of carboxylic acids is 1. The Balaban J connectivity index is 2.03. The van der Waals surface area contributed by atoms with E-state index in [4.69, 9.17) is 5.11 Å². The molecule has 6 heteroatoms. The van der Waals surface area contributed by atoms with E-state index < -0.39 is 11.9 Å². The van der Waals surface area contributed by atoms with Crippen LogP contribution in [-0.4, -0.2) is 33.0 Å². The summed E-state index contributed by atoms with van der Waals surface area (Å²) in [6, 6.07) is 0.148. The number of carbonyl (C=O) groups is 2. The van der Waals surface area contributed by atoms with E-state index in [1.807, 2.05) is 0 Å². The SMILES string of the molecule is O=C(NC1CCCCC1)c1nc[nH]c1C(=O)O. The second-order valence-corrected chi connectivity index (χ2v) is 4.24. The molecule has 0 atom stereocenters. The van der Waals surface area contributed by atoms with Crippen LogP contribution >= 0.6 is 0 Å². The van der Waals surface area contributed by atoms with Crippen LogP contribution in [0.5, 0.6) is 0 Å². The van der Waals surface area contributed by atoms with Crippen LogP contribution in [0.2, 0.25) is 0 Å². The number of carbonyl (C=O) groups excluding carboxylic acids is 1. The molecular formula is C11H15N3O3. The largest absolute Gasteiger partial charge is 0.477 e. The Morgan fingerprint density at radius 2 is 2.06 bits per heavy atom. The average Bonchev–Trinajstić information content (AvgIpc) is 2.79. The lowest BCUT2D eigenvalue weighted by atomic mass is 9.95. The van der Waals surface area contributed by atoms with Gasteiger partial charge in [0, 0.05) is 6.04 Å². The number of carboxylic acid groups (broad SMARTS) is 1.